The first-order valence-electron chi connectivity index (χ1n) is 2.73. The quantitative estimate of drug-likeness (QED) is 0.420. The molecule has 0 bridgehead atoms. The Hall–Kier alpha value is 0.0800. The van der Waals surface area contributed by atoms with Crippen LogP contribution in [0.2, 0.25) is 0 Å². The Labute approximate surface area is 64.2 Å². The Balaban J connectivity index is 2.58. The van der Waals surface area contributed by atoms with Crippen molar-refractivity contribution in [2.24, 2.45) is 5.92 Å². The maximum absolute atomic E-state index is 5.76. The molecule has 0 aromatic carbocycles. The summed E-state index contributed by atoms with van der Waals surface area (Å²) in [5, 5.41) is 0.611. The molecule has 1 rings (SSSR count). The average Bonchev–Trinajstić information content (AvgIpc) is 1.80. The minimum Gasteiger partial charge on any atom is -0.310 e. The fourth-order valence-electron chi connectivity index (χ4n) is 0.626. The van der Waals surface area contributed by atoms with Crippen molar-refractivity contribution in [3.05, 3.63) is 11.2 Å². The van der Waals surface area contributed by atoms with Crippen molar-refractivity contribution in [2.75, 3.05) is 0 Å². The van der Waals surface area contributed by atoms with Gasteiger partial charge in [-0.3, -0.25) is 0 Å². The van der Waals surface area contributed by atoms with Gasteiger partial charge in [0.15, 0.2) is 0 Å². The Kier molecular flexibility index (Phi) is 2.22. The van der Waals surface area contributed by atoms with E-state index in [4.69, 9.17) is 23.2 Å². The number of hydrogen-bond donors (Lipinski definition) is 2. The number of rotatable bonds is 0. The molecule has 9 heavy (non-hydrogen) atoms. The van der Waals surface area contributed by atoms with Crippen LogP contribution in [-0.4, -0.2) is 5.50 Å². The van der Waals surface area contributed by atoms with Crippen molar-refractivity contribution < 1.29 is 0 Å². The van der Waals surface area contributed by atoms with Crippen LogP contribution < -0.4 is 10.9 Å². The van der Waals surface area contributed by atoms with Gasteiger partial charge in [0.05, 0.1) is 0 Å². The molecule has 1 aliphatic rings. The zero-order valence-electron chi connectivity index (χ0n) is 4.99. The molecule has 0 spiro atoms. The summed E-state index contributed by atoms with van der Waals surface area (Å²) in [6.07, 6.45) is 1.87. The van der Waals surface area contributed by atoms with Crippen LogP contribution in [0.5, 0.6) is 0 Å². The van der Waals surface area contributed by atoms with Crippen LogP contribution in [0, 0.1) is 5.92 Å². The molecule has 0 aromatic heterocycles. The number of nitrogens with one attached hydrogen (secondary N) is 2. The molecule has 0 radical (unpaired) electrons. The molecule has 2 unspecified atom stereocenters. The van der Waals surface area contributed by atoms with E-state index < -0.39 is 0 Å². The molecule has 2 nitrogen and oxygen atoms in total. The van der Waals surface area contributed by atoms with Crippen molar-refractivity contribution in [1.29, 1.82) is 0 Å². The SMILES string of the molecule is CC1C=C(Cl)NNC1Cl. The molecule has 0 saturated heterocycles. The van der Waals surface area contributed by atoms with Crippen LogP contribution in [0.3, 0.4) is 0 Å². The van der Waals surface area contributed by atoms with Gasteiger partial charge in [0.25, 0.3) is 0 Å². The van der Waals surface area contributed by atoms with Gasteiger partial charge in [0.1, 0.15) is 10.7 Å². The second-order valence-electron chi connectivity index (χ2n) is 2.04. The zero-order chi connectivity index (χ0) is 6.85. The first-order chi connectivity index (χ1) is 4.20. The smallest absolute Gasteiger partial charge is 0.112 e. The molecule has 0 saturated carbocycles. The van der Waals surface area contributed by atoms with Crippen LogP contribution in [0.25, 0.3) is 0 Å². The van der Waals surface area contributed by atoms with Crippen LogP contribution >= 0.6 is 23.2 Å². The fourth-order valence-corrected chi connectivity index (χ4v) is 1.01. The predicted octanol–water partition coefficient (Wildman–Crippen LogP) is 1.38. The van der Waals surface area contributed by atoms with E-state index in [0.717, 1.165) is 0 Å². The highest BCUT2D eigenvalue weighted by molar-refractivity contribution is 6.29. The molecule has 2 atom stereocenters. The highest BCUT2D eigenvalue weighted by atomic mass is 35.5. The Morgan fingerprint density at radius 3 is 2.78 bits per heavy atom. The van der Waals surface area contributed by atoms with E-state index in [9.17, 15) is 0 Å². The minimum atomic E-state index is -0.0625. The fraction of sp³-hybridized carbons (Fsp3) is 0.600. The molecule has 0 amide bonds. The third-order valence-electron chi connectivity index (χ3n) is 1.20. The topological polar surface area (TPSA) is 24.1 Å². The second-order valence-corrected chi connectivity index (χ2v) is 2.92. The summed E-state index contributed by atoms with van der Waals surface area (Å²) < 4.78 is 0. The van der Waals surface area contributed by atoms with Gasteiger partial charge in [0.2, 0.25) is 0 Å². The van der Waals surface area contributed by atoms with E-state index >= 15 is 0 Å². The molecule has 52 valence electrons. The van der Waals surface area contributed by atoms with Crippen LogP contribution in [0.4, 0.5) is 0 Å². The molecular formula is C5H8Cl2N2. The van der Waals surface area contributed by atoms with Crippen molar-refractivity contribution >= 4 is 23.2 Å². The van der Waals surface area contributed by atoms with E-state index in [1.54, 1.807) is 0 Å². The van der Waals surface area contributed by atoms with Gasteiger partial charge in [-0.1, -0.05) is 18.5 Å². The highest BCUT2D eigenvalue weighted by Crippen LogP contribution is 2.15. The summed E-state index contributed by atoms with van der Waals surface area (Å²) in [4.78, 5) is 0. The largest absolute Gasteiger partial charge is 0.310 e. The van der Waals surface area contributed by atoms with Crippen LogP contribution in [0.15, 0.2) is 11.2 Å². The molecular weight excluding hydrogens is 159 g/mol. The zero-order valence-corrected chi connectivity index (χ0v) is 6.50. The van der Waals surface area contributed by atoms with Crippen LogP contribution in [0.1, 0.15) is 6.92 Å². The number of hydrazine groups is 1. The second kappa shape index (κ2) is 2.78. The lowest BCUT2D eigenvalue weighted by molar-refractivity contribution is 0.471. The third-order valence-corrected chi connectivity index (χ3v) is 1.93. The lowest BCUT2D eigenvalue weighted by Crippen LogP contribution is -2.42. The van der Waals surface area contributed by atoms with Crippen molar-refractivity contribution in [3.8, 4) is 0 Å². The highest BCUT2D eigenvalue weighted by Gasteiger charge is 2.16. The third kappa shape index (κ3) is 1.75. The summed E-state index contributed by atoms with van der Waals surface area (Å²) in [5.74, 6) is 0.278. The molecule has 1 heterocycles. The number of alkyl halides is 1. The van der Waals surface area contributed by atoms with E-state index in [-0.39, 0.29) is 11.4 Å². The summed E-state index contributed by atoms with van der Waals surface area (Å²) in [6.45, 7) is 1.99. The summed E-state index contributed by atoms with van der Waals surface area (Å²) in [7, 11) is 0. The van der Waals surface area contributed by atoms with Gasteiger partial charge in [-0.15, -0.1) is 11.6 Å². The predicted molar refractivity (Wildman–Crippen MR) is 39.0 cm³/mol. The summed E-state index contributed by atoms with van der Waals surface area (Å²) >= 11 is 11.4. The number of hydrogen-bond acceptors (Lipinski definition) is 2. The van der Waals surface area contributed by atoms with Gasteiger partial charge in [0, 0.05) is 5.92 Å². The molecule has 1 aliphatic heterocycles. The Morgan fingerprint density at radius 2 is 2.33 bits per heavy atom. The maximum atomic E-state index is 5.76. The minimum absolute atomic E-state index is 0.0625. The van der Waals surface area contributed by atoms with Crippen molar-refractivity contribution in [2.45, 2.75) is 12.4 Å². The van der Waals surface area contributed by atoms with E-state index in [0.29, 0.717) is 5.16 Å². The Bertz CT molecular complexity index is 135. The lowest BCUT2D eigenvalue weighted by atomic mass is 10.1. The first-order valence-corrected chi connectivity index (χ1v) is 3.54. The van der Waals surface area contributed by atoms with Gasteiger partial charge < -0.3 is 5.43 Å². The standard InChI is InChI=1S/C5H8Cl2N2/c1-3-2-4(6)8-9-5(3)7/h2-3,5,8-9H,1H3. The molecule has 4 heteroatoms. The lowest BCUT2D eigenvalue weighted by Gasteiger charge is -2.22. The molecule has 0 aromatic rings. The molecule has 2 N–H and O–H groups in total. The summed E-state index contributed by atoms with van der Waals surface area (Å²) in [6, 6.07) is 0. The Morgan fingerprint density at radius 1 is 1.67 bits per heavy atom. The van der Waals surface area contributed by atoms with Crippen molar-refractivity contribution in [1.82, 2.24) is 10.9 Å². The van der Waals surface area contributed by atoms with Gasteiger partial charge >= 0.3 is 0 Å². The normalized spacial score (nSPS) is 35.2. The van der Waals surface area contributed by atoms with E-state index in [2.05, 4.69) is 10.9 Å². The van der Waals surface area contributed by atoms with Gasteiger partial charge in [-0.2, -0.15) is 0 Å². The van der Waals surface area contributed by atoms with Crippen molar-refractivity contribution in [3.63, 3.8) is 0 Å². The van der Waals surface area contributed by atoms with E-state index in [1.807, 2.05) is 13.0 Å². The number of halogens is 2. The monoisotopic (exact) mass is 166 g/mol. The van der Waals surface area contributed by atoms with Gasteiger partial charge in [-0.25, -0.2) is 5.43 Å². The van der Waals surface area contributed by atoms with E-state index in [1.165, 1.54) is 0 Å². The average molecular weight is 167 g/mol. The van der Waals surface area contributed by atoms with Crippen LogP contribution in [-0.2, 0) is 0 Å². The first kappa shape index (κ1) is 7.19. The maximum Gasteiger partial charge on any atom is 0.112 e. The summed E-state index contributed by atoms with van der Waals surface area (Å²) in [5.41, 5.74) is 5.44. The molecule has 0 fully saturated rings. The van der Waals surface area contributed by atoms with Gasteiger partial charge in [-0.05, 0) is 6.08 Å². The molecule has 0 aliphatic carbocycles.